The van der Waals surface area contributed by atoms with Gasteiger partial charge in [-0.05, 0) is 36.1 Å². The Kier molecular flexibility index (Phi) is 3.79. The minimum Gasteiger partial charge on any atom is -0.465 e. The average Bonchev–Trinajstić information content (AvgIpc) is 2.56. The largest absolute Gasteiger partial charge is 0.465 e. The Balaban J connectivity index is 2.03. The monoisotopic (exact) mass is 292 g/mol. The maximum absolute atomic E-state index is 11.7. The van der Waals surface area contributed by atoms with Crippen molar-refractivity contribution < 1.29 is 14.3 Å². The summed E-state index contributed by atoms with van der Waals surface area (Å²) in [7, 11) is 1.37. The SMILES string of the molecule is COC(=O)c1ccc(C)c(Oc2cccc3ccccc23)c1. The Hall–Kier alpha value is -2.81. The van der Waals surface area contributed by atoms with Gasteiger partial charge in [0.2, 0.25) is 0 Å². The van der Waals surface area contributed by atoms with E-state index in [0.29, 0.717) is 11.3 Å². The number of hydrogen-bond acceptors (Lipinski definition) is 3. The molecule has 0 saturated carbocycles. The predicted octanol–water partition coefficient (Wildman–Crippen LogP) is 4.73. The summed E-state index contributed by atoms with van der Waals surface area (Å²) < 4.78 is 10.8. The van der Waals surface area contributed by atoms with Gasteiger partial charge in [0.25, 0.3) is 0 Å². The van der Waals surface area contributed by atoms with Gasteiger partial charge in [0.1, 0.15) is 11.5 Å². The number of carbonyl (C=O) groups excluding carboxylic acids is 1. The highest BCUT2D eigenvalue weighted by Crippen LogP contribution is 2.32. The van der Waals surface area contributed by atoms with Crippen molar-refractivity contribution in [3.8, 4) is 11.5 Å². The minimum atomic E-state index is -0.372. The van der Waals surface area contributed by atoms with Gasteiger partial charge in [0.15, 0.2) is 0 Å². The first kappa shape index (κ1) is 14.1. The lowest BCUT2D eigenvalue weighted by Gasteiger charge is -2.12. The first-order valence-corrected chi connectivity index (χ1v) is 7.03. The van der Waals surface area contributed by atoms with Gasteiger partial charge in [0.05, 0.1) is 12.7 Å². The molecule has 0 bridgehead atoms. The lowest BCUT2D eigenvalue weighted by atomic mass is 10.1. The third kappa shape index (κ3) is 2.66. The molecule has 0 spiro atoms. The lowest BCUT2D eigenvalue weighted by Crippen LogP contribution is -2.01. The predicted molar refractivity (Wildman–Crippen MR) is 86.5 cm³/mol. The number of carbonyl (C=O) groups is 1. The van der Waals surface area contributed by atoms with Crippen molar-refractivity contribution in [2.75, 3.05) is 7.11 Å². The number of hydrogen-bond donors (Lipinski definition) is 0. The van der Waals surface area contributed by atoms with Crippen LogP contribution >= 0.6 is 0 Å². The van der Waals surface area contributed by atoms with Crippen LogP contribution in [0.1, 0.15) is 15.9 Å². The Morgan fingerprint density at radius 3 is 2.50 bits per heavy atom. The fourth-order valence-corrected chi connectivity index (χ4v) is 2.36. The number of methoxy groups -OCH3 is 1. The summed E-state index contributed by atoms with van der Waals surface area (Å²) in [6.45, 7) is 1.95. The maximum atomic E-state index is 11.7. The molecular weight excluding hydrogens is 276 g/mol. The molecule has 3 aromatic rings. The fourth-order valence-electron chi connectivity index (χ4n) is 2.36. The molecule has 0 heterocycles. The smallest absolute Gasteiger partial charge is 0.337 e. The highest BCUT2D eigenvalue weighted by molar-refractivity contribution is 5.90. The molecule has 110 valence electrons. The van der Waals surface area contributed by atoms with Crippen molar-refractivity contribution in [3.05, 3.63) is 71.8 Å². The molecule has 0 unspecified atom stereocenters. The summed E-state index contributed by atoms with van der Waals surface area (Å²) >= 11 is 0. The molecule has 0 aliphatic heterocycles. The van der Waals surface area contributed by atoms with Crippen LogP contribution in [0.4, 0.5) is 0 Å². The van der Waals surface area contributed by atoms with Crippen LogP contribution in [0.3, 0.4) is 0 Å². The van der Waals surface area contributed by atoms with Crippen molar-refractivity contribution in [2.45, 2.75) is 6.92 Å². The number of rotatable bonds is 3. The molecule has 3 nitrogen and oxygen atoms in total. The third-order valence-corrected chi connectivity index (χ3v) is 3.58. The summed E-state index contributed by atoms with van der Waals surface area (Å²) in [6.07, 6.45) is 0. The molecule has 0 N–H and O–H groups in total. The van der Waals surface area contributed by atoms with E-state index in [1.165, 1.54) is 7.11 Å². The molecule has 0 radical (unpaired) electrons. The van der Waals surface area contributed by atoms with Gasteiger partial charge >= 0.3 is 5.97 Å². The van der Waals surface area contributed by atoms with E-state index >= 15 is 0 Å². The minimum absolute atomic E-state index is 0.372. The number of benzene rings is 3. The quantitative estimate of drug-likeness (QED) is 0.655. The molecule has 3 aromatic carbocycles. The standard InChI is InChI=1S/C19H16O3/c1-13-10-11-15(19(20)21-2)12-18(13)22-17-9-5-7-14-6-3-4-8-16(14)17/h3-12H,1-2H3. The van der Waals surface area contributed by atoms with Crippen molar-refractivity contribution in [2.24, 2.45) is 0 Å². The molecule has 3 heteroatoms. The number of fused-ring (bicyclic) bond motifs is 1. The summed E-state index contributed by atoms with van der Waals surface area (Å²) in [6, 6.07) is 19.3. The van der Waals surface area contributed by atoms with Crippen molar-refractivity contribution in [3.63, 3.8) is 0 Å². The summed E-state index contributed by atoms with van der Waals surface area (Å²) in [5.41, 5.74) is 1.43. The van der Waals surface area contributed by atoms with Gasteiger partial charge < -0.3 is 9.47 Å². The molecule has 3 rings (SSSR count). The number of esters is 1. The molecule has 0 aliphatic rings. The van der Waals surface area contributed by atoms with Crippen LogP contribution < -0.4 is 4.74 Å². The van der Waals surface area contributed by atoms with E-state index in [0.717, 1.165) is 22.1 Å². The zero-order valence-corrected chi connectivity index (χ0v) is 12.5. The van der Waals surface area contributed by atoms with Gasteiger partial charge in [-0.25, -0.2) is 4.79 Å². The second-order valence-corrected chi connectivity index (χ2v) is 5.05. The Morgan fingerprint density at radius 1 is 0.909 bits per heavy atom. The van der Waals surface area contributed by atoms with Crippen LogP contribution in [-0.2, 0) is 4.74 Å². The van der Waals surface area contributed by atoms with E-state index in [-0.39, 0.29) is 5.97 Å². The molecule has 0 atom stereocenters. The van der Waals surface area contributed by atoms with Gasteiger partial charge in [0, 0.05) is 5.39 Å². The maximum Gasteiger partial charge on any atom is 0.337 e. The van der Waals surface area contributed by atoms with Crippen molar-refractivity contribution in [1.82, 2.24) is 0 Å². The van der Waals surface area contributed by atoms with Gasteiger partial charge in [-0.1, -0.05) is 42.5 Å². The Morgan fingerprint density at radius 2 is 1.68 bits per heavy atom. The van der Waals surface area contributed by atoms with Gasteiger partial charge in [-0.15, -0.1) is 0 Å². The Labute approximate surface area is 129 Å². The third-order valence-electron chi connectivity index (χ3n) is 3.58. The highest BCUT2D eigenvalue weighted by Gasteiger charge is 2.10. The van der Waals surface area contributed by atoms with Crippen LogP contribution in [-0.4, -0.2) is 13.1 Å². The molecule has 0 amide bonds. The van der Waals surface area contributed by atoms with Crippen LogP contribution in [0.25, 0.3) is 10.8 Å². The van der Waals surface area contributed by atoms with Crippen LogP contribution in [0.15, 0.2) is 60.7 Å². The van der Waals surface area contributed by atoms with Crippen LogP contribution in [0.5, 0.6) is 11.5 Å². The van der Waals surface area contributed by atoms with Gasteiger partial charge in [-0.3, -0.25) is 0 Å². The first-order valence-electron chi connectivity index (χ1n) is 7.03. The van der Waals surface area contributed by atoms with Gasteiger partial charge in [-0.2, -0.15) is 0 Å². The second-order valence-electron chi connectivity index (χ2n) is 5.05. The van der Waals surface area contributed by atoms with E-state index in [1.807, 2.05) is 55.5 Å². The first-order chi connectivity index (χ1) is 10.7. The van der Waals surface area contributed by atoms with Crippen LogP contribution in [0.2, 0.25) is 0 Å². The van der Waals surface area contributed by atoms with Crippen molar-refractivity contribution >= 4 is 16.7 Å². The molecule has 0 aromatic heterocycles. The number of ether oxygens (including phenoxy) is 2. The molecular formula is C19H16O3. The molecule has 0 aliphatic carbocycles. The normalized spacial score (nSPS) is 10.5. The van der Waals surface area contributed by atoms with Crippen LogP contribution in [0, 0.1) is 6.92 Å². The zero-order valence-electron chi connectivity index (χ0n) is 12.5. The number of aryl methyl sites for hydroxylation is 1. The lowest BCUT2D eigenvalue weighted by molar-refractivity contribution is 0.0600. The van der Waals surface area contributed by atoms with E-state index in [4.69, 9.17) is 9.47 Å². The van der Waals surface area contributed by atoms with E-state index in [1.54, 1.807) is 12.1 Å². The summed E-state index contributed by atoms with van der Waals surface area (Å²) in [5.74, 6) is 1.05. The fraction of sp³-hybridized carbons (Fsp3) is 0.105. The van der Waals surface area contributed by atoms with E-state index in [9.17, 15) is 4.79 Å². The topological polar surface area (TPSA) is 35.5 Å². The van der Waals surface area contributed by atoms with E-state index < -0.39 is 0 Å². The van der Waals surface area contributed by atoms with Crippen molar-refractivity contribution in [1.29, 1.82) is 0 Å². The van der Waals surface area contributed by atoms with E-state index in [2.05, 4.69) is 0 Å². The average molecular weight is 292 g/mol. The Bertz CT molecular complexity index is 832. The second kappa shape index (κ2) is 5.90. The summed E-state index contributed by atoms with van der Waals surface area (Å²) in [4.78, 5) is 11.7. The molecule has 22 heavy (non-hydrogen) atoms. The summed E-state index contributed by atoms with van der Waals surface area (Å²) in [5, 5.41) is 2.15. The molecule has 0 saturated heterocycles. The zero-order chi connectivity index (χ0) is 15.5. The molecule has 0 fully saturated rings. The highest BCUT2D eigenvalue weighted by atomic mass is 16.5.